The van der Waals surface area contributed by atoms with Gasteiger partial charge in [-0.3, -0.25) is 4.79 Å². The van der Waals surface area contributed by atoms with Gasteiger partial charge in [0.1, 0.15) is 0 Å². The Morgan fingerprint density at radius 3 is 2.76 bits per heavy atom. The van der Waals surface area contributed by atoms with E-state index < -0.39 is 0 Å². The van der Waals surface area contributed by atoms with E-state index in [-0.39, 0.29) is 5.91 Å². The number of nitrogens with two attached hydrogens (primary N) is 1. The van der Waals surface area contributed by atoms with Gasteiger partial charge >= 0.3 is 0 Å². The summed E-state index contributed by atoms with van der Waals surface area (Å²) in [6.45, 7) is 3.78. The van der Waals surface area contributed by atoms with Crippen LogP contribution < -0.4 is 11.1 Å². The molecular formula is C14H28N2O. The first-order chi connectivity index (χ1) is 8.26. The van der Waals surface area contributed by atoms with Crippen LogP contribution in [0.25, 0.3) is 0 Å². The van der Waals surface area contributed by atoms with E-state index in [1.807, 2.05) is 0 Å². The molecule has 0 heterocycles. The third kappa shape index (κ3) is 7.37. The van der Waals surface area contributed by atoms with Crippen molar-refractivity contribution in [3.8, 4) is 0 Å². The minimum absolute atomic E-state index is 0.219. The average molecular weight is 240 g/mol. The highest BCUT2D eigenvalue weighted by Crippen LogP contribution is 2.33. The van der Waals surface area contributed by atoms with E-state index >= 15 is 0 Å². The molecule has 1 saturated carbocycles. The van der Waals surface area contributed by atoms with E-state index in [1.54, 1.807) is 0 Å². The fraction of sp³-hybridized carbons (Fsp3) is 0.929. The molecule has 1 unspecified atom stereocenters. The van der Waals surface area contributed by atoms with Gasteiger partial charge < -0.3 is 11.1 Å². The molecule has 1 rings (SSSR count). The van der Waals surface area contributed by atoms with Crippen LogP contribution >= 0.6 is 0 Å². The second kappa shape index (κ2) is 8.51. The van der Waals surface area contributed by atoms with Crippen LogP contribution in [0.5, 0.6) is 0 Å². The van der Waals surface area contributed by atoms with E-state index in [1.165, 1.54) is 19.3 Å². The number of carbonyl (C=O) groups excluding carboxylic acids is 1. The lowest BCUT2D eigenvalue weighted by Crippen LogP contribution is -2.25. The van der Waals surface area contributed by atoms with Crippen LogP contribution in [0, 0.1) is 11.8 Å². The third-order valence-corrected chi connectivity index (χ3v) is 3.74. The zero-order chi connectivity index (χ0) is 12.5. The van der Waals surface area contributed by atoms with Gasteiger partial charge in [-0.1, -0.05) is 26.2 Å². The minimum Gasteiger partial charge on any atom is -0.356 e. The van der Waals surface area contributed by atoms with Crippen LogP contribution in [0.4, 0.5) is 0 Å². The molecule has 0 aliphatic heterocycles. The summed E-state index contributed by atoms with van der Waals surface area (Å²) in [5.41, 5.74) is 5.54. The molecule has 1 aliphatic rings. The molecule has 1 aliphatic carbocycles. The monoisotopic (exact) mass is 240 g/mol. The second-order valence-corrected chi connectivity index (χ2v) is 5.33. The number of nitrogens with one attached hydrogen (secondary N) is 1. The van der Waals surface area contributed by atoms with Gasteiger partial charge in [0.15, 0.2) is 0 Å². The minimum atomic E-state index is 0.219. The Labute approximate surface area is 106 Å². The molecule has 0 aromatic carbocycles. The molecule has 3 heteroatoms. The lowest BCUT2D eigenvalue weighted by atomic mass is 9.96. The number of rotatable bonds is 10. The first-order valence-corrected chi connectivity index (χ1v) is 7.23. The number of hydrogen-bond donors (Lipinski definition) is 2. The summed E-state index contributed by atoms with van der Waals surface area (Å²) in [6, 6.07) is 0. The normalized spacial score (nSPS) is 16.8. The lowest BCUT2D eigenvalue weighted by Gasteiger charge is -2.13. The van der Waals surface area contributed by atoms with Crippen LogP contribution in [-0.4, -0.2) is 19.0 Å². The van der Waals surface area contributed by atoms with E-state index in [2.05, 4.69) is 12.2 Å². The van der Waals surface area contributed by atoms with E-state index in [4.69, 9.17) is 5.73 Å². The van der Waals surface area contributed by atoms with Crippen molar-refractivity contribution in [3.63, 3.8) is 0 Å². The summed E-state index contributed by atoms with van der Waals surface area (Å²) in [7, 11) is 0. The zero-order valence-corrected chi connectivity index (χ0v) is 11.2. The largest absolute Gasteiger partial charge is 0.356 e. The van der Waals surface area contributed by atoms with E-state index in [0.29, 0.717) is 12.3 Å². The van der Waals surface area contributed by atoms with Gasteiger partial charge in [0.25, 0.3) is 0 Å². The van der Waals surface area contributed by atoms with Crippen LogP contribution in [0.15, 0.2) is 0 Å². The molecular weight excluding hydrogens is 212 g/mol. The van der Waals surface area contributed by atoms with Crippen LogP contribution in [0.3, 0.4) is 0 Å². The molecule has 0 aromatic heterocycles. The maximum absolute atomic E-state index is 11.6. The Bertz CT molecular complexity index is 214. The highest BCUT2D eigenvalue weighted by Gasteiger charge is 2.20. The fourth-order valence-corrected chi connectivity index (χ4v) is 2.24. The lowest BCUT2D eigenvalue weighted by molar-refractivity contribution is -0.121. The Balaban J connectivity index is 1.94. The van der Waals surface area contributed by atoms with Gasteiger partial charge in [-0.05, 0) is 44.1 Å². The van der Waals surface area contributed by atoms with Gasteiger partial charge in [-0.15, -0.1) is 0 Å². The molecule has 0 aromatic rings. The molecule has 100 valence electrons. The van der Waals surface area contributed by atoms with E-state index in [9.17, 15) is 4.79 Å². The Morgan fingerprint density at radius 1 is 1.41 bits per heavy atom. The van der Waals surface area contributed by atoms with Crippen molar-refractivity contribution in [2.24, 2.45) is 17.6 Å². The molecule has 17 heavy (non-hydrogen) atoms. The Kier molecular flexibility index (Phi) is 7.25. The quantitative estimate of drug-likeness (QED) is 0.576. The van der Waals surface area contributed by atoms with Crippen molar-refractivity contribution in [2.75, 3.05) is 13.1 Å². The molecule has 3 N–H and O–H groups in total. The zero-order valence-electron chi connectivity index (χ0n) is 11.2. The Hall–Kier alpha value is -0.570. The summed E-state index contributed by atoms with van der Waals surface area (Å²) in [4.78, 5) is 11.6. The summed E-state index contributed by atoms with van der Waals surface area (Å²) in [5.74, 6) is 1.81. The highest BCUT2D eigenvalue weighted by atomic mass is 16.1. The molecule has 0 radical (unpaired) electrons. The first-order valence-electron chi connectivity index (χ1n) is 7.23. The maximum Gasteiger partial charge on any atom is 0.220 e. The Morgan fingerprint density at radius 2 is 2.18 bits per heavy atom. The first kappa shape index (κ1) is 14.5. The average Bonchev–Trinajstić information content (AvgIpc) is 3.14. The van der Waals surface area contributed by atoms with Gasteiger partial charge in [-0.25, -0.2) is 0 Å². The molecule has 1 fully saturated rings. The van der Waals surface area contributed by atoms with E-state index in [0.717, 1.165) is 44.7 Å². The predicted molar refractivity (Wildman–Crippen MR) is 71.7 cm³/mol. The van der Waals surface area contributed by atoms with Crippen molar-refractivity contribution in [2.45, 2.75) is 58.3 Å². The molecule has 0 spiro atoms. The fourth-order valence-electron chi connectivity index (χ4n) is 2.24. The molecule has 3 nitrogen and oxygen atoms in total. The van der Waals surface area contributed by atoms with Crippen LogP contribution in [0.2, 0.25) is 0 Å². The number of amides is 1. The van der Waals surface area contributed by atoms with Gasteiger partial charge in [-0.2, -0.15) is 0 Å². The van der Waals surface area contributed by atoms with Crippen molar-refractivity contribution in [1.29, 1.82) is 0 Å². The molecule has 1 amide bonds. The van der Waals surface area contributed by atoms with Crippen molar-refractivity contribution < 1.29 is 4.79 Å². The van der Waals surface area contributed by atoms with Crippen LogP contribution in [-0.2, 0) is 4.79 Å². The van der Waals surface area contributed by atoms with Gasteiger partial charge in [0, 0.05) is 13.0 Å². The topological polar surface area (TPSA) is 55.1 Å². The second-order valence-electron chi connectivity index (χ2n) is 5.33. The summed E-state index contributed by atoms with van der Waals surface area (Å²) in [5, 5.41) is 3.02. The van der Waals surface area contributed by atoms with Gasteiger partial charge in [0.05, 0.1) is 0 Å². The molecule has 0 saturated heterocycles. The van der Waals surface area contributed by atoms with Crippen LogP contribution in [0.1, 0.15) is 58.3 Å². The predicted octanol–water partition coefficient (Wildman–Crippen LogP) is 2.45. The standard InChI is InChI=1S/C14H28N2O/c1-2-12(9-10-15)7-8-14(17)16-11-3-4-13-5-6-13/h12-13H,2-11,15H2,1H3,(H,16,17). The number of carbonyl (C=O) groups is 1. The summed E-state index contributed by atoms with van der Waals surface area (Å²) in [6.07, 6.45) is 9.10. The number of hydrogen-bond acceptors (Lipinski definition) is 2. The van der Waals surface area contributed by atoms with Gasteiger partial charge in [0.2, 0.25) is 5.91 Å². The smallest absolute Gasteiger partial charge is 0.220 e. The highest BCUT2D eigenvalue weighted by molar-refractivity contribution is 5.75. The van der Waals surface area contributed by atoms with Crippen molar-refractivity contribution >= 4 is 5.91 Å². The summed E-state index contributed by atoms with van der Waals surface area (Å²) >= 11 is 0. The van der Waals surface area contributed by atoms with Crippen molar-refractivity contribution in [3.05, 3.63) is 0 Å². The third-order valence-electron chi connectivity index (χ3n) is 3.74. The SMILES string of the molecule is CCC(CCN)CCC(=O)NCCCC1CC1. The summed E-state index contributed by atoms with van der Waals surface area (Å²) < 4.78 is 0. The molecule has 1 atom stereocenters. The van der Waals surface area contributed by atoms with Crippen molar-refractivity contribution in [1.82, 2.24) is 5.32 Å². The molecule has 0 bridgehead atoms. The maximum atomic E-state index is 11.6.